The van der Waals surface area contributed by atoms with Gasteiger partial charge in [0.05, 0.1) is 0 Å². The van der Waals surface area contributed by atoms with Gasteiger partial charge in [-0.25, -0.2) is 4.79 Å². The summed E-state index contributed by atoms with van der Waals surface area (Å²) in [6.07, 6.45) is 2.20. The molecule has 1 atom stereocenters. The van der Waals surface area contributed by atoms with Crippen LogP contribution in [0.2, 0.25) is 0 Å². The molecule has 0 aliphatic carbocycles. The standard InChI is InChI=1S/C9H13Cl3O3/c1-3-4-5-7(14-2)8(13)15-6-9(10,11)12/h3,7H,1,4-6H2,2H3. The van der Waals surface area contributed by atoms with Crippen molar-refractivity contribution < 1.29 is 14.3 Å². The molecule has 0 radical (unpaired) electrons. The number of halogens is 3. The van der Waals surface area contributed by atoms with E-state index in [9.17, 15) is 4.79 Å². The van der Waals surface area contributed by atoms with Crippen LogP contribution in [0.3, 0.4) is 0 Å². The number of methoxy groups -OCH3 is 1. The molecule has 0 aliphatic rings. The van der Waals surface area contributed by atoms with E-state index in [1.807, 2.05) is 0 Å². The molecule has 0 amide bonds. The first kappa shape index (κ1) is 15.0. The van der Waals surface area contributed by atoms with E-state index in [1.54, 1.807) is 6.08 Å². The van der Waals surface area contributed by atoms with Gasteiger partial charge in [0.15, 0.2) is 6.10 Å². The van der Waals surface area contributed by atoms with Crippen LogP contribution in [-0.2, 0) is 14.3 Å². The molecule has 0 fully saturated rings. The number of hydrogen-bond donors (Lipinski definition) is 0. The van der Waals surface area contributed by atoms with Crippen LogP contribution in [0.5, 0.6) is 0 Å². The van der Waals surface area contributed by atoms with Crippen LogP contribution in [0, 0.1) is 0 Å². The first-order chi connectivity index (χ1) is 6.90. The first-order valence-electron chi connectivity index (χ1n) is 4.27. The van der Waals surface area contributed by atoms with Crippen molar-refractivity contribution in [3.8, 4) is 0 Å². The van der Waals surface area contributed by atoms with Gasteiger partial charge in [-0.05, 0) is 12.8 Å². The molecule has 6 heteroatoms. The Morgan fingerprint density at radius 3 is 2.53 bits per heavy atom. The van der Waals surface area contributed by atoms with Crippen molar-refractivity contribution in [2.75, 3.05) is 13.7 Å². The molecular formula is C9H13Cl3O3. The third-order valence-corrected chi connectivity index (χ3v) is 1.89. The molecule has 15 heavy (non-hydrogen) atoms. The lowest BCUT2D eigenvalue weighted by molar-refractivity contribution is -0.155. The molecule has 0 rings (SSSR count). The largest absolute Gasteiger partial charge is 0.459 e. The van der Waals surface area contributed by atoms with Gasteiger partial charge in [-0.3, -0.25) is 0 Å². The van der Waals surface area contributed by atoms with Crippen LogP contribution in [0.4, 0.5) is 0 Å². The Bertz CT molecular complexity index is 213. The van der Waals surface area contributed by atoms with Crippen LogP contribution in [0.1, 0.15) is 12.8 Å². The molecule has 0 saturated carbocycles. The highest BCUT2D eigenvalue weighted by molar-refractivity contribution is 6.67. The topological polar surface area (TPSA) is 35.5 Å². The molecule has 0 aromatic carbocycles. The van der Waals surface area contributed by atoms with Crippen molar-refractivity contribution in [1.82, 2.24) is 0 Å². The smallest absolute Gasteiger partial charge is 0.335 e. The number of carbonyl (C=O) groups excluding carboxylic acids is 1. The normalized spacial score (nSPS) is 13.3. The summed E-state index contributed by atoms with van der Waals surface area (Å²) in [5.74, 6) is -0.536. The second-order valence-electron chi connectivity index (χ2n) is 2.81. The van der Waals surface area contributed by atoms with Crippen molar-refractivity contribution in [1.29, 1.82) is 0 Å². The molecule has 0 aromatic heterocycles. The van der Waals surface area contributed by atoms with Crippen molar-refractivity contribution in [3.63, 3.8) is 0 Å². The average Bonchev–Trinajstić information content (AvgIpc) is 2.15. The molecule has 88 valence electrons. The average molecular weight is 276 g/mol. The minimum atomic E-state index is -1.59. The lowest BCUT2D eigenvalue weighted by Gasteiger charge is -2.16. The van der Waals surface area contributed by atoms with Crippen molar-refractivity contribution in [3.05, 3.63) is 12.7 Å². The third kappa shape index (κ3) is 7.91. The highest BCUT2D eigenvalue weighted by Crippen LogP contribution is 2.26. The SMILES string of the molecule is C=CCCC(OC)C(=O)OCC(Cl)(Cl)Cl. The van der Waals surface area contributed by atoms with E-state index in [2.05, 4.69) is 6.58 Å². The highest BCUT2D eigenvalue weighted by atomic mass is 35.6. The zero-order chi connectivity index (χ0) is 11.9. The number of alkyl halides is 3. The van der Waals surface area contributed by atoms with Crippen LogP contribution in [0.25, 0.3) is 0 Å². The Morgan fingerprint density at radius 2 is 2.13 bits per heavy atom. The summed E-state index contributed by atoms with van der Waals surface area (Å²) in [5.41, 5.74) is 0. The van der Waals surface area contributed by atoms with E-state index < -0.39 is 15.9 Å². The second-order valence-corrected chi connectivity index (χ2v) is 5.33. The van der Waals surface area contributed by atoms with Gasteiger partial charge in [-0.2, -0.15) is 0 Å². The van der Waals surface area contributed by atoms with Crippen molar-refractivity contribution in [2.45, 2.75) is 22.7 Å². The van der Waals surface area contributed by atoms with E-state index >= 15 is 0 Å². The van der Waals surface area contributed by atoms with Gasteiger partial charge in [0.25, 0.3) is 0 Å². The van der Waals surface area contributed by atoms with Gasteiger partial charge in [0.1, 0.15) is 6.61 Å². The summed E-state index contributed by atoms with van der Waals surface area (Å²) in [7, 11) is 1.42. The molecule has 0 bridgehead atoms. The molecule has 0 spiro atoms. The lowest BCUT2D eigenvalue weighted by atomic mass is 10.2. The second kappa shape index (κ2) is 7.34. The minimum Gasteiger partial charge on any atom is -0.459 e. The maximum atomic E-state index is 11.4. The fraction of sp³-hybridized carbons (Fsp3) is 0.667. The number of esters is 1. The summed E-state index contributed by atoms with van der Waals surface area (Å²) >= 11 is 16.3. The number of ether oxygens (including phenoxy) is 2. The number of carbonyl (C=O) groups is 1. The lowest BCUT2D eigenvalue weighted by Crippen LogP contribution is -2.28. The van der Waals surface area contributed by atoms with Gasteiger partial charge < -0.3 is 9.47 Å². The Labute approximate surface area is 104 Å². The Kier molecular flexibility index (Phi) is 7.36. The zero-order valence-electron chi connectivity index (χ0n) is 8.34. The quantitative estimate of drug-likeness (QED) is 0.425. The summed E-state index contributed by atoms with van der Waals surface area (Å²) in [6.45, 7) is 3.25. The van der Waals surface area contributed by atoms with Crippen LogP contribution < -0.4 is 0 Å². The van der Waals surface area contributed by atoms with Crippen LogP contribution in [0.15, 0.2) is 12.7 Å². The minimum absolute atomic E-state index is 0.287. The van der Waals surface area contributed by atoms with E-state index in [0.717, 1.165) is 0 Å². The monoisotopic (exact) mass is 274 g/mol. The number of hydrogen-bond acceptors (Lipinski definition) is 3. The summed E-state index contributed by atoms with van der Waals surface area (Å²) in [6, 6.07) is 0. The molecule has 0 heterocycles. The maximum Gasteiger partial charge on any atom is 0.335 e. The Hall–Kier alpha value is 0.0400. The molecule has 0 N–H and O–H groups in total. The van der Waals surface area contributed by atoms with E-state index in [-0.39, 0.29) is 6.61 Å². The maximum absolute atomic E-state index is 11.4. The van der Waals surface area contributed by atoms with E-state index in [1.165, 1.54) is 7.11 Å². The first-order valence-corrected chi connectivity index (χ1v) is 5.41. The number of allylic oxidation sites excluding steroid dienone is 1. The van der Waals surface area contributed by atoms with Crippen molar-refractivity contribution in [2.24, 2.45) is 0 Å². The summed E-state index contributed by atoms with van der Waals surface area (Å²) in [5, 5.41) is 0. The van der Waals surface area contributed by atoms with Gasteiger partial charge in [0.2, 0.25) is 3.79 Å². The molecule has 3 nitrogen and oxygen atoms in total. The van der Waals surface area contributed by atoms with Gasteiger partial charge >= 0.3 is 5.97 Å². The molecule has 0 aromatic rings. The molecular weight excluding hydrogens is 262 g/mol. The summed E-state index contributed by atoms with van der Waals surface area (Å²) < 4.78 is 8.10. The fourth-order valence-corrected chi connectivity index (χ4v) is 1.01. The van der Waals surface area contributed by atoms with Gasteiger partial charge in [0, 0.05) is 7.11 Å². The molecule has 0 saturated heterocycles. The zero-order valence-corrected chi connectivity index (χ0v) is 10.6. The Morgan fingerprint density at radius 1 is 1.53 bits per heavy atom. The Balaban J connectivity index is 3.98. The summed E-state index contributed by atoms with van der Waals surface area (Å²) in [4.78, 5) is 11.4. The van der Waals surface area contributed by atoms with E-state index in [4.69, 9.17) is 44.3 Å². The predicted octanol–water partition coefficient (Wildman–Crippen LogP) is 2.88. The molecule has 0 aliphatic heterocycles. The number of rotatable bonds is 6. The highest BCUT2D eigenvalue weighted by Gasteiger charge is 2.25. The fourth-order valence-electron chi connectivity index (χ4n) is 0.847. The third-order valence-electron chi connectivity index (χ3n) is 1.56. The van der Waals surface area contributed by atoms with Crippen LogP contribution in [-0.4, -0.2) is 29.6 Å². The van der Waals surface area contributed by atoms with E-state index in [0.29, 0.717) is 12.8 Å². The van der Waals surface area contributed by atoms with Gasteiger partial charge in [-0.1, -0.05) is 40.9 Å². The van der Waals surface area contributed by atoms with Crippen LogP contribution >= 0.6 is 34.8 Å². The van der Waals surface area contributed by atoms with Crippen molar-refractivity contribution >= 4 is 40.8 Å². The predicted molar refractivity (Wildman–Crippen MR) is 61.5 cm³/mol. The van der Waals surface area contributed by atoms with Gasteiger partial charge in [-0.15, -0.1) is 6.58 Å². The molecule has 1 unspecified atom stereocenters.